The first-order chi connectivity index (χ1) is 8.13. The minimum Gasteiger partial charge on any atom is -0.340 e. The van der Waals surface area contributed by atoms with E-state index in [9.17, 15) is 4.79 Å². The van der Waals surface area contributed by atoms with Crippen LogP contribution in [0.25, 0.3) is 0 Å². The van der Waals surface area contributed by atoms with Crippen molar-refractivity contribution in [3.05, 3.63) is 22.4 Å². The van der Waals surface area contributed by atoms with E-state index in [1.165, 1.54) is 12.8 Å². The molecule has 0 aliphatic heterocycles. The molecule has 0 atom stereocenters. The Morgan fingerprint density at radius 2 is 2.35 bits per heavy atom. The first kappa shape index (κ1) is 13.0. The van der Waals surface area contributed by atoms with Crippen LogP contribution in [0.1, 0.15) is 29.4 Å². The van der Waals surface area contributed by atoms with Crippen LogP contribution >= 0.6 is 27.7 Å². The fourth-order valence-electron chi connectivity index (χ4n) is 1.80. The third kappa shape index (κ3) is 3.07. The van der Waals surface area contributed by atoms with E-state index in [2.05, 4.69) is 26.8 Å². The van der Waals surface area contributed by atoms with Gasteiger partial charge in [-0.25, -0.2) is 0 Å². The standard InChI is InChI=1S/C12H17BrN2OS/c1-14(5-6-17-2)12(16)11-7-9(13)8-15(11)10-3-4-10/h7-8,10H,3-6H2,1-2H3. The summed E-state index contributed by atoms with van der Waals surface area (Å²) in [5, 5.41) is 0. The van der Waals surface area contributed by atoms with Crippen LogP contribution in [0.15, 0.2) is 16.7 Å². The van der Waals surface area contributed by atoms with E-state index in [4.69, 9.17) is 0 Å². The Kier molecular flexibility index (Phi) is 4.20. The molecule has 1 aliphatic rings. The van der Waals surface area contributed by atoms with Gasteiger partial charge in [-0.3, -0.25) is 4.79 Å². The topological polar surface area (TPSA) is 25.2 Å². The summed E-state index contributed by atoms with van der Waals surface area (Å²) >= 11 is 5.21. The molecule has 2 rings (SSSR count). The molecule has 1 fully saturated rings. The lowest BCUT2D eigenvalue weighted by atomic mass is 10.3. The Labute approximate surface area is 115 Å². The van der Waals surface area contributed by atoms with E-state index in [0.29, 0.717) is 6.04 Å². The third-order valence-electron chi connectivity index (χ3n) is 2.95. The Hall–Kier alpha value is -0.420. The van der Waals surface area contributed by atoms with E-state index in [-0.39, 0.29) is 5.91 Å². The molecule has 1 amide bonds. The number of nitrogens with zero attached hydrogens (tertiary/aromatic N) is 2. The highest BCUT2D eigenvalue weighted by Gasteiger charge is 2.28. The smallest absolute Gasteiger partial charge is 0.270 e. The van der Waals surface area contributed by atoms with Gasteiger partial charge in [-0.1, -0.05) is 0 Å². The van der Waals surface area contributed by atoms with Crippen LogP contribution in [0.2, 0.25) is 0 Å². The van der Waals surface area contributed by atoms with Crippen LogP contribution in [0, 0.1) is 0 Å². The Morgan fingerprint density at radius 3 is 2.94 bits per heavy atom. The van der Waals surface area contributed by atoms with Crippen molar-refractivity contribution in [2.45, 2.75) is 18.9 Å². The SMILES string of the molecule is CSCCN(C)C(=O)c1cc(Br)cn1C1CC1. The maximum Gasteiger partial charge on any atom is 0.270 e. The molecule has 1 aliphatic carbocycles. The van der Waals surface area contributed by atoms with Gasteiger partial charge in [-0.2, -0.15) is 11.8 Å². The summed E-state index contributed by atoms with van der Waals surface area (Å²) in [7, 11) is 1.87. The van der Waals surface area contributed by atoms with Crippen LogP contribution in [0.4, 0.5) is 0 Å². The van der Waals surface area contributed by atoms with Crippen LogP contribution in [-0.4, -0.2) is 41.0 Å². The normalized spacial score (nSPS) is 15.0. The van der Waals surface area contributed by atoms with E-state index in [1.54, 1.807) is 16.7 Å². The molecule has 0 saturated heterocycles. The summed E-state index contributed by atoms with van der Waals surface area (Å²) in [4.78, 5) is 14.1. The zero-order chi connectivity index (χ0) is 12.4. The number of carbonyl (C=O) groups excluding carboxylic acids is 1. The molecule has 0 spiro atoms. The molecule has 1 saturated carbocycles. The monoisotopic (exact) mass is 316 g/mol. The summed E-state index contributed by atoms with van der Waals surface area (Å²) in [5.41, 5.74) is 0.808. The van der Waals surface area contributed by atoms with Crippen molar-refractivity contribution in [3.63, 3.8) is 0 Å². The first-order valence-electron chi connectivity index (χ1n) is 5.75. The molecular formula is C12H17BrN2OS. The summed E-state index contributed by atoms with van der Waals surface area (Å²) in [6.07, 6.45) is 6.46. The number of amides is 1. The molecule has 0 unspecified atom stereocenters. The second-order valence-corrected chi connectivity index (χ2v) is 6.30. The summed E-state index contributed by atoms with van der Waals surface area (Å²) < 4.78 is 3.10. The van der Waals surface area contributed by atoms with Crippen LogP contribution in [0.3, 0.4) is 0 Å². The van der Waals surface area contributed by atoms with Crippen molar-refractivity contribution in [1.82, 2.24) is 9.47 Å². The van der Waals surface area contributed by atoms with E-state index in [0.717, 1.165) is 22.5 Å². The van der Waals surface area contributed by atoms with Gasteiger partial charge in [-0.05, 0) is 41.1 Å². The lowest BCUT2D eigenvalue weighted by Gasteiger charge is -2.17. The van der Waals surface area contributed by atoms with Gasteiger partial charge < -0.3 is 9.47 Å². The molecule has 3 nitrogen and oxygen atoms in total. The highest BCUT2D eigenvalue weighted by atomic mass is 79.9. The number of hydrogen-bond acceptors (Lipinski definition) is 2. The van der Waals surface area contributed by atoms with Crippen molar-refractivity contribution < 1.29 is 4.79 Å². The lowest BCUT2D eigenvalue weighted by Crippen LogP contribution is -2.30. The largest absolute Gasteiger partial charge is 0.340 e. The highest BCUT2D eigenvalue weighted by molar-refractivity contribution is 9.10. The number of hydrogen-bond donors (Lipinski definition) is 0. The van der Waals surface area contributed by atoms with Gasteiger partial charge in [0.25, 0.3) is 5.91 Å². The van der Waals surface area contributed by atoms with Crippen molar-refractivity contribution in [1.29, 1.82) is 0 Å². The zero-order valence-corrected chi connectivity index (χ0v) is 12.6. The summed E-state index contributed by atoms with van der Waals surface area (Å²) in [6.45, 7) is 0.799. The minimum atomic E-state index is 0.122. The Balaban J connectivity index is 2.12. The van der Waals surface area contributed by atoms with Gasteiger partial charge in [0.15, 0.2) is 0 Å². The second kappa shape index (κ2) is 5.48. The molecule has 94 valence electrons. The quantitative estimate of drug-likeness (QED) is 0.834. The summed E-state index contributed by atoms with van der Waals surface area (Å²) in [6, 6.07) is 2.46. The van der Waals surface area contributed by atoms with Crippen molar-refractivity contribution in [2.75, 3.05) is 25.6 Å². The van der Waals surface area contributed by atoms with E-state index in [1.807, 2.05) is 19.3 Å². The molecule has 0 aromatic carbocycles. The van der Waals surface area contributed by atoms with E-state index < -0.39 is 0 Å². The third-order valence-corrected chi connectivity index (χ3v) is 3.98. The molecule has 1 aromatic heterocycles. The Bertz CT molecular complexity index is 415. The maximum absolute atomic E-state index is 12.3. The van der Waals surface area contributed by atoms with Gasteiger partial charge in [0.05, 0.1) is 0 Å². The molecular weight excluding hydrogens is 300 g/mol. The number of carbonyl (C=O) groups is 1. The molecule has 0 bridgehead atoms. The fraction of sp³-hybridized carbons (Fsp3) is 0.583. The average molecular weight is 317 g/mol. The molecule has 17 heavy (non-hydrogen) atoms. The number of thioether (sulfide) groups is 1. The second-order valence-electron chi connectivity index (χ2n) is 4.40. The molecule has 5 heteroatoms. The number of rotatable bonds is 5. The first-order valence-corrected chi connectivity index (χ1v) is 7.94. The van der Waals surface area contributed by atoms with Gasteiger partial charge in [0, 0.05) is 36.1 Å². The van der Waals surface area contributed by atoms with Gasteiger partial charge in [-0.15, -0.1) is 0 Å². The average Bonchev–Trinajstić information content (AvgIpc) is 3.08. The van der Waals surface area contributed by atoms with Crippen LogP contribution < -0.4 is 0 Å². The van der Waals surface area contributed by atoms with Crippen molar-refractivity contribution in [3.8, 4) is 0 Å². The lowest BCUT2D eigenvalue weighted by molar-refractivity contribution is 0.0793. The van der Waals surface area contributed by atoms with Gasteiger partial charge in [0.2, 0.25) is 0 Å². The number of aromatic nitrogens is 1. The van der Waals surface area contributed by atoms with E-state index >= 15 is 0 Å². The zero-order valence-electron chi connectivity index (χ0n) is 10.1. The highest BCUT2D eigenvalue weighted by Crippen LogP contribution is 2.37. The predicted molar refractivity (Wildman–Crippen MR) is 75.7 cm³/mol. The Morgan fingerprint density at radius 1 is 1.65 bits per heavy atom. The van der Waals surface area contributed by atoms with Crippen LogP contribution in [-0.2, 0) is 0 Å². The molecule has 0 radical (unpaired) electrons. The van der Waals surface area contributed by atoms with Crippen molar-refractivity contribution >= 4 is 33.6 Å². The van der Waals surface area contributed by atoms with Crippen LogP contribution in [0.5, 0.6) is 0 Å². The fourth-order valence-corrected chi connectivity index (χ4v) is 2.69. The predicted octanol–water partition coefficient (Wildman–Crippen LogP) is 3.02. The maximum atomic E-state index is 12.3. The van der Waals surface area contributed by atoms with Gasteiger partial charge in [0.1, 0.15) is 5.69 Å². The number of halogens is 1. The molecule has 0 N–H and O–H groups in total. The van der Waals surface area contributed by atoms with Gasteiger partial charge >= 0.3 is 0 Å². The summed E-state index contributed by atoms with van der Waals surface area (Å²) in [5.74, 6) is 1.10. The molecule has 1 heterocycles. The molecule has 1 aromatic rings. The van der Waals surface area contributed by atoms with Crippen molar-refractivity contribution in [2.24, 2.45) is 0 Å². The minimum absolute atomic E-state index is 0.122.